The number of hydrogen-bond acceptors (Lipinski definition) is 8. The lowest BCUT2D eigenvalue weighted by molar-refractivity contribution is -0.385. The molecule has 0 saturated carbocycles. The van der Waals surface area contributed by atoms with E-state index >= 15 is 0 Å². The van der Waals surface area contributed by atoms with Gasteiger partial charge in [0.2, 0.25) is 5.54 Å². The minimum Gasteiger partial charge on any atom is -0.464 e. The molecule has 1 N–H and O–H groups in total. The van der Waals surface area contributed by atoms with Crippen LogP contribution in [-0.4, -0.2) is 41.4 Å². The minimum atomic E-state index is -2.05. The third kappa shape index (κ3) is 3.72. The molecule has 1 heterocycles. The quantitative estimate of drug-likeness (QED) is 0.329. The van der Waals surface area contributed by atoms with Crippen molar-refractivity contribution in [1.82, 2.24) is 5.32 Å². The van der Waals surface area contributed by atoms with Crippen molar-refractivity contribution in [2.75, 3.05) is 13.2 Å². The molecule has 0 radical (unpaired) electrons. The van der Waals surface area contributed by atoms with Gasteiger partial charge in [-0.1, -0.05) is 18.2 Å². The molecule has 1 aromatic carbocycles. The molecule has 2 rings (SSSR count). The average molecular weight is 376 g/mol. The fraction of sp³-hybridized carbons (Fsp3) is 0.389. The van der Waals surface area contributed by atoms with Gasteiger partial charge in [-0.3, -0.25) is 20.2 Å². The van der Waals surface area contributed by atoms with Crippen LogP contribution in [0.4, 0.5) is 5.69 Å². The monoisotopic (exact) mass is 376 g/mol. The number of nitrogens with one attached hydrogen (secondary N) is 1. The molecule has 0 spiro atoms. The lowest BCUT2D eigenvalue weighted by atomic mass is 9.96. The van der Waals surface area contributed by atoms with E-state index in [1.807, 2.05) is 0 Å². The number of esters is 2. The van der Waals surface area contributed by atoms with Gasteiger partial charge in [-0.2, -0.15) is 0 Å². The van der Waals surface area contributed by atoms with E-state index in [-0.39, 0.29) is 30.0 Å². The number of ketones is 1. The van der Waals surface area contributed by atoms with E-state index in [9.17, 15) is 24.5 Å². The van der Waals surface area contributed by atoms with Crippen molar-refractivity contribution in [3.8, 4) is 0 Å². The maximum Gasteiger partial charge on any atom is 0.342 e. The second-order valence-corrected chi connectivity index (χ2v) is 5.80. The highest BCUT2D eigenvalue weighted by Crippen LogP contribution is 2.38. The second kappa shape index (κ2) is 8.09. The highest BCUT2D eigenvalue weighted by Gasteiger charge is 2.54. The Kier molecular flexibility index (Phi) is 6.06. The van der Waals surface area contributed by atoms with Gasteiger partial charge in [0.1, 0.15) is 0 Å². The molecule has 0 aliphatic carbocycles. The van der Waals surface area contributed by atoms with Crippen molar-refractivity contribution in [3.63, 3.8) is 0 Å². The van der Waals surface area contributed by atoms with E-state index < -0.39 is 34.2 Å². The predicted octanol–water partition coefficient (Wildman–Crippen LogP) is 1.62. The summed E-state index contributed by atoms with van der Waals surface area (Å²) in [5.74, 6) is -2.33. The topological polar surface area (TPSA) is 125 Å². The van der Waals surface area contributed by atoms with Gasteiger partial charge < -0.3 is 9.47 Å². The maximum atomic E-state index is 12.6. The van der Waals surface area contributed by atoms with Crippen LogP contribution >= 0.6 is 0 Å². The van der Waals surface area contributed by atoms with Crippen LogP contribution in [0.2, 0.25) is 0 Å². The Morgan fingerprint density at radius 2 is 1.70 bits per heavy atom. The summed E-state index contributed by atoms with van der Waals surface area (Å²) >= 11 is 0. The van der Waals surface area contributed by atoms with Gasteiger partial charge in [0.05, 0.1) is 29.7 Å². The van der Waals surface area contributed by atoms with Crippen molar-refractivity contribution in [2.24, 2.45) is 0 Å². The van der Waals surface area contributed by atoms with Gasteiger partial charge in [0, 0.05) is 11.6 Å². The van der Waals surface area contributed by atoms with E-state index in [1.165, 1.54) is 25.1 Å². The fourth-order valence-corrected chi connectivity index (χ4v) is 2.92. The van der Waals surface area contributed by atoms with Gasteiger partial charge in [0.15, 0.2) is 5.78 Å². The second-order valence-electron chi connectivity index (χ2n) is 5.80. The first-order chi connectivity index (χ1) is 12.8. The van der Waals surface area contributed by atoms with E-state index in [2.05, 4.69) is 5.32 Å². The summed E-state index contributed by atoms with van der Waals surface area (Å²) in [6.45, 7) is 4.39. The summed E-state index contributed by atoms with van der Waals surface area (Å²) in [5, 5.41) is 14.1. The summed E-state index contributed by atoms with van der Waals surface area (Å²) < 4.78 is 9.99. The highest BCUT2D eigenvalue weighted by atomic mass is 16.6. The van der Waals surface area contributed by atoms with Crippen LogP contribution < -0.4 is 5.32 Å². The number of para-hydroxylation sites is 1. The summed E-state index contributed by atoms with van der Waals surface area (Å²) in [7, 11) is 0. The molecular weight excluding hydrogens is 356 g/mol. The number of Topliss-reactive ketones (excluding diaryl/α,β-unsaturated/α-hetero) is 1. The Bertz CT molecular complexity index is 798. The Hall–Kier alpha value is -3.07. The number of carbonyl (C=O) groups excluding carboxylic acids is 3. The van der Waals surface area contributed by atoms with E-state index in [0.29, 0.717) is 0 Å². The van der Waals surface area contributed by atoms with Crippen LogP contribution in [0.3, 0.4) is 0 Å². The summed E-state index contributed by atoms with van der Waals surface area (Å²) in [5.41, 5.74) is -2.10. The van der Waals surface area contributed by atoms with E-state index in [0.717, 1.165) is 6.08 Å². The Morgan fingerprint density at radius 1 is 1.15 bits per heavy atom. The van der Waals surface area contributed by atoms with Crippen molar-refractivity contribution in [1.29, 1.82) is 0 Å². The normalized spacial score (nSPS) is 17.7. The standard InChI is InChI=1S/C18H20N2O7/c1-4-26-16(22)18(17(23)27-5-2)10-13(11(3)21)15(19-18)12-8-6-7-9-14(12)20(24)25/h6-10,15,19H,4-5H2,1-3H3/t15-/m1/s1. The molecule has 0 unspecified atom stereocenters. The SMILES string of the molecule is CCOC(=O)C1(C(=O)OCC)C=C(C(C)=O)[C@@H](c2ccccc2[N+](=O)[O-])N1. The van der Waals surface area contributed by atoms with Crippen molar-refractivity contribution in [3.05, 3.63) is 51.6 Å². The molecule has 0 aromatic heterocycles. The molecule has 1 atom stereocenters. The molecule has 0 bridgehead atoms. The molecule has 27 heavy (non-hydrogen) atoms. The smallest absolute Gasteiger partial charge is 0.342 e. The number of ether oxygens (including phenoxy) is 2. The van der Waals surface area contributed by atoms with Gasteiger partial charge in [-0.05, 0) is 26.8 Å². The summed E-state index contributed by atoms with van der Waals surface area (Å²) in [6, 6.07) is 4.74. The zero-order valence-corrected chi connectivity index (χ0v) is 15.2. The van der Waals surface area contributed by atoms with Crippen LogP contribution in [-0.2, 0) is 23.9 Å². The van der Waals surface area contributed by atoms with Crippen molar-refractivity contribution in [2.45, 2.75) is 32.4 Å². The Labute approximate surface area is 155 Å². The van der Waals surface area contributed by atoms with E-state index in [1.54, 1.807) is 19.9 Å². The van der Waals surface area contributed by atoms with Gasteiger partial charge in [0.25, 0.3) is 5.69 Å². The number of hydrogen-bond donors (Lipinski definition) is 1. The molecule has 9 nitrogen and oxygen atoms in total. The zero-order chi connectivity index (χ0) is 20.2. The van der Waals surface area contributed by atoms with Crippen LogP contribution in [0.25, 0.3) is 0 Å². The van der Waals surface area contributed by atoms with Crippen LogP contribution in [0.5, 0.6) is 0 Å². The van der Waals surface area contributed by atoms with E-state index in [4.69, 9.17) is 9.47 Å². The molecule has 0 fully saturated rings. The Balaban J connectivity index is 2.62. The third-order valence-electron chi connectivity index (χ3n) is 4.10. The fourth-order valence-electron chi connectivity index (χ4n) is 2.92. The number of nitro groups is 1. The number of carbonyl (C=O) groups is 3. The molecule has 1 aromatic rings. The Morgan fingerprint density at radius 3 is 2.19 bits per heavy atom. The molecular formula is C18H20N2O7. The highest BCUT2D eigenvalue weighted by molar-refractivity contribution is 6.11. The number of benzene rings is 1. The zero-order valence-electron chi connectivity index (χ0n) is 15.2. The number of rotatable bonds is 7. The molecule has 0 saturated heterocycles. The molecule has 144 valence electrons. The van der Waals surface area contributed by atoms with Crippen LogP contribution in [0.15, 0.2) is 35.9 Å². The first kappa shape index (κ1) is 20.2. The first-order valence-corrected chi connectivity index (χ1v) is 8.37. The van der Waals surface area contributed by atoms with Crippen molar-refractivity contribution >= 4 is 23.4 Å². The van der Waals surface area contributed by atoms with Crippen LogP contribution in [0, 0.1) is 10.1 Å². The molecule has 1 aliphatic heterocycles. The minimum absolute atomic E-state index is 0.00106. The summed E-state index contributed by atoms with van der Waals surface area (Å²) in [6.07, 6.45) is 1.15. The number of nitro benzene ring substituents is 1. The number of nitrogens with zero attached hydrogens (tertiary/aromatic N) is 1. The first-order valence-electron chi connectivity index (χ1n) is 8.37. The average Bonchev–Trinajstić information content (AvgIpc) is 3.04. The lowest BCUT2D eigenvalue weighted by Crippen LogP contribution is -2.56. The lowest BCUT2D eigenvalue weighted by Gasteiger charge is -2.25. The third-order valence-corrected chi connectivity index (χ3v) is 4.10. The van der Waals surface area contributed by atoms with Gasteiger partial charge >= 0.3 is 11.9 Å². The molecule has 1 aliphatic rings. The summed E-state index contributed by atoms with van der Waals surface area (Å²) in [4.78, 5) is 48.1. The molecule has 9 heteroatoms. The predicted molar refractivity (Wildman–Crippen MR) is 93.7 cm³/mol. The molecule has 0 amide bonds. The maximum absolute atomic E-state index is 12.6. The van der Waals surface area contributed by atoms with Crippen molar-refractivity contribution < 1.29 is 28.8 Å². The van der Waals surface area contributed by atoms with Gasteiger partial charge in [-0.25, -0.2) is 9.59 Å². The van der Waals surface area contributed by atoms with Gasteiger partial charge in [-0.15, -0.1) is 0 Å². The van der Waals surface area contributed by atoms with Crippen LogP contribution in [0.1, 0.15) is 32.4 Å². The largest absolute Gasteiger partial charge is 0.464 e.